The number of pyridine rings is 1. The molecule has 6 nitrogen and oxygen atoms in total. The average molecular weight is 266 g/mol. The lowest BCUT2D eigenvalue weighted by atomic mass is 10.2. The molecule has 0 unspecified atom stereocenters. The standard InChI is InChI=1S/C13H22N4O2/c1-10(2)9-19-13-11(14)3-4-12(15-13)16-17-5-7-18-8-6-17/h3-4,10H,5-9,14H2,1-2H3,(H,15,16). The Bertz CT molecular complexity index is 406. The molecule has 0 aromatic carbocycles. The Balaban J connectivity index is 1.98. The Morgan fingerprint density at radius 3 is 2.84 bits per heavy atom. The van der Waals surface area contributed by atoms with Gasteiger partial charge in [0.15, 0.2) is 0 Å². The molecule has 3 N–H and O–H groups in total. The number of nitrogens with one attached hydrogen (secondary N) is 1. The smallest absolute Gasteiger partial charge is 0.239 e. The molecule has 0 saturated carbocycles. The van der Waals surface area contributed by atoms with E-state index >= 15 is 0 Å². The van der Waals surface area contributed by atoms with E-state index in [4.69, 9.17) is 15.2 Å². The summed E-state index contributed by atoms with van der Waals surface area (Å²) in [4.78, 5) is 4.40. The summed E-state index contributed by atoms with van der Waals surface area (Å²) in [6.45, 7) is 7.94. The molecule has 0 atom stereocenters. The molecule has 0 radical (unpaired) electrons. The Morgan fingerprint density at radius 2 is 2.16 bits per heavy atom. The van der Waals surface area contributed by atoms with Crippen molar-refractivity contribution in [3.8, 4) is 5.88 Å². The second-order valence-corrected chi connectivity index (χ2v) is 5.01. The van der Waals surface area contributed by atoms with Crippen molar-refractivity contribution in [1.29, 1.82) is 0 Å². The molecule has 1 aromatic heterocycles. The molecule has 1 fully saturated rings. The van der Waals surface area contributed by atoms with E-state index in [0.29, 0.717) is 24.1 Å². The minimum atomic E-state index is 0.442. The van der Waals surface area contributed by atoms with Gasteiger partial charge in [0.2, 0.25) is 5.88 Å². The van der Waals surface area contributed by atoms with Crippen LogP contribution in [0.4, 0.5) is 11.5 Å². The number of hydrogen-bond donors (Lipinski definition) is 2. The zero-order chi connectivity index (χ0) is 13.7. The molecule has 1 aliphatic heterocycles. The van der Waals surface area contributed by atoms with Crippen LogP contribution >= 0.6 is 0 Å². The number of nitrogens with two attached hydrogens (primary N) is 1. The van der Waals surface area contributed by atoms with Crippen LogP contribution in [0.3, 0.4) is 0 Å². The summed E-state index contributed by atoms with van der Waals surface area (Å²) in [6.07, 6.45) is 0. The molecule has 1 saturated heterocycles. The van der Waals surface area contributed by atoms with Gasteiger partial charge in [0.25, 0.3) is 0 Å². The fourth-order valence-electron chi connectivity index (χ4n) is 1.71. The largest absolute Gasteiger partial charge is 0.476 e. The predicted molar refractivity (Wildman–Crippen MR) is 75.0 cm³/mol. The SMILES string of the molecule is CC(C)COc1nc(NN2CCOCC2)ccc1N. The van der Waals surface area contributed by atoms with Crippen molar-refractivity contribution >= 4 is 11.5 Å². The maximum Gasteiger partial charge on any atom is 0.239 e. The Labute approximate surface area is 113 Å². The summed E-state index contributed by atoms with van der Waals surface area (Å²) in [5, 5.41) is 2.08. The summed E-state index contributed by atoms with van der Waals surface area (Å²) in [7, 11) is 0. The first kappa shape index (κ1) is 13.9. The Hall–Kier alpha value is -1.53. The normalized spacial score (nSPS) is 16.6. The van der Waals surface area contributed by atoms with Crippen molar-refractivity contribution in [3.63, 3.8) is 0 Å². The van der Waals surface area contributed by atoms with Crippen LogP contribution in [0.25, 0.3) is 0 Å². The number of ether oxygens (including phenoxy) is 2. The van der Waals surface area contributed by atoms with E-state index in [9.17, 15) is 0 Å². The van der Waals surface area contributed by atoms with Gasteiger partial charge in [-0.3, -0.25) is 0 Å². The third-order valence-electron chi connectivity index (χ3n) is 2.73. The molecule has 1 aromatic rings. The van der Waals surface area contributed by atoms with Crippen LogP contribution in [0.2, 0.25) is 0 Å². The van der Waals surface area contributed by atoms with Gasteiger partial charge in [0, 0.05) is 13.1 Å². The molecular formula is C13H22N4O2. The summed E-state index contributed by atoms with van der Waals surface area (Å²) in [5.41, 5.74) is 9.67. The fraction of sp³-hybridized carbons (Fsp3) is 0.615. The van der Waals surface area contributed by atoms with Crippen molar-refractivity contribution in [1.82, 2.24) is 9.99 Å². The minimum absolute atomic E-state index is 0.442. The average Bonchev–Trinajstić information content (AvgIpc) is 2.40. The monoisotopic (exact) mass is 266 g/mol. The summed E-state index contributed by atoms with van der Waals surface area (Å²) in [5.74, 6) is 1.68. The topological polar surface area (TPSA) is 72.6 Å². The Kier molecular flexibility index (Phi) is 4.81. The van der Waals surface area contributed by atoms with Gasteiger partial charge in [0.05, 0.1) is 25.5 Å². The molecule has 0 spiro atoms. The van der Waals surface area contributed by atoms with Crippen LogP contribution in [0, 0.1) is 5.92 Å². The summed E-state index contributed by atoms with van der Waals surface area (Å²) >= 11 is 0. The van der Waals surface area contributed by atoms with Crippen LogP contribution in [0.15, 0.2) is 12.1 Å². The van der Waals surface area contributed by atoms with Gasteiger partial charge in [-0.25, -0.2) is 5.01 Å². The van der Waals surface area contributed by atoms with E-state index in [1.54, 1.807) is 0 Å². The van der Waals surface area contributed by atoms with Gasteiger partial charge in [-0.1, -0.05) is 13.8 Å². The lowest BCUT2D eigenvalue weighted by Crippen LogP contribution is -2.40. The van der Waals surface area contributed by atoms with Crippen molar-refractivity contribution in [3.05, 3.63) is 12.1 Å². The van der Waals surface area contributed by atoms with E-state index < -0.39 is 0 Å². The highest BCUT2D eigenvalue weighted by atomic mass is 16.5. The van der Waals surface area contributed by atoms with Crippen LogP contribution in [0.5, 0.6) is 5.88 Å². The molecule has 2 heterocycles. The first-order valence-corrected chi connectivity index (χ1v) is 6.64. The highest BCUT2D eigenvalue weighted by Crippen LogP contribution is 2.21. The number of nitrogen functional groups attached to an aromatic ring is 1. The van der Waals surface area contributed by atoms with Crippen molar-refractivity contribution in [2.45, 2.75) is 13.8 Å². The number of hydrazine groups is 1. The van der Waals surface area contributed by atoms with Gasteiger partial charge in [-0.15, -0.1) is 0 Å². The maximum atomic E-state index is 5.86. The lowest BCUT2D eigenvalue weighted by molar-refractivity contribution is 0.0494. The number of aromatic nitrogens is 1. The second-order valence-electron chi connectivity index (χ2n) is 5.01. The molecule has 6 heteroatoms. The highest BCUT2D eigenvalue weighted by Gasteiger charge is 2.12. The molecule has 0 bridgehead atoms. The number of anilines is 2. The van der Waals surface area contributed by atoms with Crippen molar-refractivity contribution < 1.29 is 9.47 Å². The zero-order valence-electron chi connectivity index (χ0n) is 11.6. The van der Waals surface area contributed by atoms with Crippen LogP contribution in [-0.4, -0.2) is 42.9 Å². The quantitative estimate of drug-likeness (QED) is 0.838. The van der Waals surface area contributed by atoms with Gasteiger partial charge in [-0.2, -0.15) is 4.98 Å². The maximum absolute atomic E-state index is 5.86. The molecule has 0 aliphatic carbocycles. The zero-order valence-corrected chi connectivity index (χ0v) is 11.6. The van der Waals surface area contributed by atoms with E-state index in [2.05, 4.69) is 29.3 Å². The third kappa shape index (κ3) is 4.25. The minimum Gasteiger partial charge on any atom is -0.476 e. The first-order valence-electron chi connectivity index (χ1n) is 6.64. The third-order valence-corrected chi connectivity index (χ3v) is 2.73. The summed E-state index contributed by atoms with van der Waals surface area (Å²) in [6, 6.07) is 3.67. The molecule has 106 valence electrons. The van der Waals surface area contributed by atoms with Crippen molar-refractivity contribution in [2.75, 3.05) is 44.1 Å². The number of rotatable bonds is 5. The highest BCUT2D eigenvalue weighted by molar-refractivity contribution is 5.53. The number of morpholine rings is 1. The Morgan fingerprint density at radius 1 is 1.42 bits per heavy atom. The number of nitrogens with zero attached hydrogens (tertiary/aromatic N) is 2. The molecule has 0 amide bonds. The predicted octanol–water partition coefficient (Wildman–Crippen LogP) is 1.36. The van der Waals surface area contributed by atoms with Gasteiger partial charge in [-0.05, 0) is 18.1 Å². The van der Waals surface area contributed by atoms with Gasteiger partial charge in [0.1, 0.15) is 5.82 Å². The van der Waals surface area contributed by atoms with E-state index in [1.807, 2.05) is 12.1 Å². The number of hydrogen-bond acceptors (Lipinski definition) is 6. The summed E-state index contributed by atoms with van der Waals surface area (Å²) < 4.78 is 10.9. The molecule has 19 heavy (non-hydrogen) atoms. The van der Waals surface area contributed by atoms with E-state index in [0.717, 1.165) is 32.1 Å². The van der Waals surface area contributed by atoms with Crippen LogP contribution in [0.1, 0.15) is 13.8 Å². The van der Waals surface area contributed by atoms with E-state index in [-0.39, 0.29) is 0 Å². The molecule has 1 aliphatic rings. The second kappa shape index (κ2) is 6.58. The fourth-order valence-corrected chi connectivity index (χ4v) is 1.71. The van der Waals surface area contributed by atoms with Gasteiger partial charge >= 0.3 is 0 Å². The van der Waals surface area contributed by atoms with Crippen LogP contribution < -0.4 is 15.9 Å². The first-order chi connectivity index (χ1) is 9.15. The van der Waals surface area contributed by atoms with Gasteiger partial charge < -0.3 is 20.6 Å². The van der Waals surface area contributed by atoms with E-state index in [1.165, 1.54) is 0 Å². The van der Waals surface area contributed by atoms with Crippen molar-refractivity contribution in [2.24, 2.45) is 5.92 Å². The van der Waals surface area contributed by atoms with Crippen LogP contribution in [-0.2, 0) is 4.74 Å². The molecule has 2 rings (SSSR count). The molecular weight excluding hydrogens is 244 g/mol. The lowest BCUT2D eigenvalue weighted by Gasteiger charge is -2.27.